The highest BCUT2D eigenvalue weighted by Gasteiger charge is 2.19. The van der Waals surface area contributed by atoms with Gasteiger partial charge in [-0.2, -0.15) is 0 Å². The van der Waals surface area contributed by atoms with E-state index in [9.17, 15) is 9.59 Å². The molecule has 0 aromatic heterocycles. The SMILES string of the molecule is Cl.NCC(=O)NCC(=O)NCCCOC1CCCc2ccccc21. The highest BCUT2D eigenvalue weighted by atomic mass is 35.5. The van der Waals surface area contributed by atoms with Crippen molar-refractivity contribution in [1.82, 2.24) is 10.6 Å². The molecule has 2 amide bonds. The molecule has 1 aliphatic rings. The summed E-state index contributed by atoms with van der Waals surface area (Å²) in [5, 5.41) is 5.17. The average molecular weight is 356 g/mol. The summed E-state index contributed by atoms with van der Waals surface area (Å²) in [6.07, 6.45) is 4.24. The van der Waals surface area contributed by atoms with E-state index in [1.54, 1.807) is 0 Å². The van der Waals surface area contributed by atoms with Gasteiger partial charge in [0.1, 0.15) is 0 Å². The standard InChI is InChI=1S/C17H25N3O3.ClH/c18-11-16(21)20-12-17(22)19-9-4-10-23-15-8-3-6-13-5-1-2-7-14(13)15;/h1-2,5,7,15H,3-4,6,8-12,18H2,(H,19,22)(H,20,21);1H. The molecule has 1 unspecified atom stereocenters. The van der Waals surface area contributed by atoms with E-state index in [1.807, 2.05) is 0 Å². The Morgan fingerprint density at radius 2 is 2.00 bits per heavy atom. The molecule has 1 aliphatic carbocycles. The van der Waals surface area contributed by atoms with Crippen LogP contribution in [0.1, 0.15) is 36.5 Å². The summed E-state index contributed by atoms with van der Waals surface area (Å²) < 4.78 is 5.97. The maximum absolute atomic E-state index is 11.5. The van der Waals surface area contributed by atoms with Gasteiger partial charge in [-0.25, -0.2) is 0 Å². The molecule has 2 rings (SSSR count). The first-order valence-electron chi connectivity index (χ1n) is 8.13. The maximum Gasteiger partial charge on any atom is 0.239 e. The van der Waals surface area contributed by atoms with Gasteiger partial charge in [-0.3, -0.25) is 9.59 Å². The fraction of sp³-hybridized carbons (Fsp3) is 0.529. The van der Waals surface area contributed by atoms with Crippen molar-refractivity contribution in [3.63, 3.8) is 0 Å². The third-order valence-electron chi connectivity index (χ3n) is 3.91. The summed E-state index contributed by atoms with van der Waals surface area (Å²) in [4.78, 5) is 22.4. The summed E-state index contributed by atoms with van der Waals surface area (Å²) in [7, 11) is 0. The minimum Gasteiger partial charge on any atom is -0.373 e. The van der Waals surface area contributed by atoms with Gasteiger partial charge in [0, 0.05) is 13.2 Å². The summed E-state index contributed by atoms with van der Waals surface area (Å²) in [6.45, 7) is 0.997. The monoisotopic (exact) mass is 355 g/mol. The number of fused-ring (bicyclic) bond motifs is 1. The minimum absolute atomic E-state index is 0. The molecule has 1 aromatic carbocycles. The number of rotatable bonds is 8. The normalized spacial score (nSPS) is 15.8. The van der Waals surface area contributed by atoms with E-state index in [-0.39, 0.29) is 43.4 Å². The molecule has 0 aliphatic heterocycles. The molecule has 0 saturated carbocycles. The lowest BCUT2D eigenvalue weighted by molar-refractivity contribution is -0.125. The molecule has 134 valence electrons. The van der Waals surface area contributed by atoms with Crippen molar-refractivity contribution in [2.45, 2.75) is 31.8 Å². The third-order valence-corrected chi connectivity index (χ3v) is 3.91. The number of nitrogens with one attached hydrogen (secondary N) is 2. The lowest BCUT2D eigenvalue weighted by Crippen LogP contribution is -2.39. The van der Waals surface area contributed by atoms with Crippen LogP contribution in [0.25, 0.3) is 0 Å². The van der Waals surface area contributed by atoms with Gasteiger partial charge in [0.05, 0.1) is 19.2 Å². The Kier molecular flexibility index (Phi) is 9.37. The quantitative estimate of drug-likeness (QED) is 0.608. The molecule has 24 heavy (non-hydrogen) atoms. The van der Waals surface area contributed by atoms with Gasteiger partial charge in [-0.05, 0) is 36.8 Å². The van der Waals surface area contributed by atoms with Gasteiger partial charge < -0.3 is 21.1 Å². The number of carbonyl (C=O) groups excluding carboxylic acids is 2. The maximum atomic E-state index is 11.5. The molecule has 7 heteroatoms. The molecule has 0 saturated heterocycles. The number of aryl methyl sites for hydroxylation is 1. The Labute approximate surface area is 148 Å². The van der Waals surface area contributed by atoms with E-state index in [4.69, 9.17) is 10.5 Å². The highest BCUT2D eigenvalue weighted by Crippen LogP contribution is 2.32. The zero-order valence-electron chi connectivity index (χ0n) is 13.8. The molecule has 0 heterocycles. The molecule has 1 aromatic rings. The largest absolute Gasteiger partial charge is 0.373 e. The van der Waals surface area contributed by atoms with Crippen molar-refractivity contribution in [3.8, 4) is 0 Å². The second-order valence-electron chi connectivity index (χ2n) is 5.63. The number of halogens is 1. The fourth-order valence-electron chi connectivity index (χ4n) is 2.72. The van der Waals surface area contributed by atoms with Crippen LogP contribution in [0.3, 0.4) is 0 Å². The van der Waals surface area contributed by atoms with E-state index in [1.165, 1.54) is 11.1 Å². The number of carbonyl (C=O) groups is 2. The van der Waals surface area contributed by atoms with Crippen LogP contribution in [0.15, 0.2) is 24.3 Å². The fourth-order valence-corrected chi connectivity index (χ4v) is 2.72. The first kappa shape index (κ1) is 20.4. The Hall–Kier alpha value is -1.63. The van der Waals surface area contributed by atoms with Gasteiger partial charge in [0.25, 0.3) is 0 Å². The number of nitrogens with two attached hydrogens (primary N) is 1. The Balaban J connectivity index is 0.00000288. The topological polar surface area (TPSA) is 93.5 Å². The van der Waals surface area contributed by atoms with Crippen molar-refractivity contribution in [2.24, 2.45) is 5.73 Å². The number of ether oxygens (including phenoxy) is 1. The van der Waals surface area contributed by atoms with Crippen LogP contribution >= 0.6 is 12.4 Å². The number of hydrogen-bond acceptors (Lipinski definition) is 4. The van der Waals surface area contributed by atoms with Gasteiger partial charge in [0.2, 0.25) is 11.8 Å². The van der Waals surface area contributed by atoms with Crippen LogP contribution in [-0.4, -0.2) is 38.1 Å². The predicted octanol–water partition coefficient (Wildman–Crippen LogP) is 1.08. The molecule has 0 bridgehead atoms. The second-order valence-corrected chi connectivity index (χ2v) is 5.63. The average Bonchev–Trinajstić information content (AvgIpc) is 2.59. The second kappa shape index (κ2) is 11.0. The first-order chi connectivity index (χ1) is 11.2. The van der Waals surface area contributed by atoms with Gasteiger partial charge in [-0.15, -0.1) is 12.4 Å². The Bertz CT molecular complexity index is 540. The molecule has 0 fully saturated rings. The van der Waals surface area contributed by atoms with Crippen LogP contribution in [0.4, 0.5) is 0 Å². The zero-order valence-corrected chi connectivity index (χ0v) is 14.6. The van der Waals surface area contributed by atoms with Crippen LogP contribution in [-0.2, 0) is 20.7 Å². The van der Waals surface area contributed by atoms with Gasteiger partial charge >= 0.3 is 0 Å². The van der Waals surface area contributed by atoms with E-state index >= 15 is 0 Å². The number of benzene rings is 1. The molecule has 4 N–H and O–H groups in total. The van der Waals surface area contributed by atoms with Crippen LogP contribution < -0.4 is 16.4 Å². The van der Waals surface area contributed by atoms with Crippen molar-refractivity contribution in [2.75, 3.05) is 26.2 Å². The summed E-state index contributed by atoms with van der Waals surface area (Å²) in [6, 6.07) is 8.43. The molecule has 0 spiro atoms. The molecule has 1 atom stereocenters. The third kappa shape index (κ3) is 6.47. The van der Waals surface area contributed by atoms with Gasteiger partial charge in [0.15, 0.2) is 0 Å². The van der Waals surface area contributed by atoms with E-state index in [0.29, 0.717) is 13.2 Å². The van der Waals surface area contributed by atoms with Crippen LogP contribution in [0.2, 0.25) is 0 Å². The molecule has 6 nitrogen and oxygen atoms in total. The van der Waals surface area contributed by atoms with Gasteiger partial charge in [-0.1, -0.05) is 24.3 Å². The van der Waals surface area contributed by atoms with Crippen molar-refractivity contribution in [3.05, 3.63) is 35.4 Å². The minimum atomic E-state index is -0.334. The van der Waals surface area contributed by atoms with Crippen molar-refractivity contribution in [1.29, 1.82) is 0 Å². The Morgan fingerprint density at radius 1 is 1.21 bits per heavy atom. The van der Waals surface area contributed by atoms with E-state index < -0.39 is 0 Å². The lowest BCUT2D eigenvalue weighted by Gasteiger charge is -2.25. The predicted molar refractivity (Wildman–Crippen MR) is 95.0 cm³/mol. The summed E-state index contributed by atoms with van der Waals surface area (Å²) in [5.74, 6) is -0.547. The summed E-state index contributed by atoms with van der Waals surface area (Å²) in [5.41, 5.74) is 7.82. The first-order valence-corrected chi connectivity index (χ1v) is 8.13. The van der Waals surface area contributed by atoms with Crippen LogP contribution in [0, 0.1) is 0 Å². The highest BCUT2D eigenvalue weighted by molar-refractivity contribution is 5.85. The smallest absolute Gasteiger partial charge is 0.239 e. The van der Waals surface area contributed by atoms with E-state index in [2.05, 4.69) is 34.9 Å². The number of hydrogen-bond donors (Lipinski definition) is 3. The Morgan fingerprint density at radius 3 is 2.79 bits per heavy atom. The molecular weight excluding hydrogens is 330 g/mol. The number of amides is 2. The van der Waals surface area contributed by atoms with E-state index in [0.717, 1.165) is 25.7 Å². The van der Waals surface area contributed by atoms with Crippen molar-refractivity contribution >= 4 is 24.2 Å². The van der Waals surface area contributed by atoms with Crippen molar-refractivity contribution < 1.29 is 14.3 Å². The zero-order chi connectivity index (χ0) is 16.5. The summed E-state index contributed by atoms with van der Waals surface area (Å²) >= 11 is 0. The van der Waals surface area contributed by atoms with Crippen LogP contribution in [0.5, 0.6) is 0 Å². The lowest BCUT2D eigenvalue weighted by atomic mass is 9.89. The molecular formula is C17H26ClN3O3. The molecule has 0 radical (unpaired) electrons.